The van der Waals surface area contributed by atoms with Gasteiger partial charge in [0.15, 0.2) is 0 Å². The Hall–Kier alpha value is -0.450. The van der Waals surface area contributed by atoms with E-state index in [1.165, 1.54) is 0 Å². The van der Waals surface area contributed by atoms with E-state index >= 15 is 0 Å². The third kappa shape index (κ3) is 1.90. The van der Waals surface area contributed by atoms with Crippen LogP contribution in [0.15, 0.2) is 11.6 Å². The molecule has 4 heteroatoms. The van der Waals surface area contributed by atoms with Gasteiger partial charge in [0.2, 0.25) is 0 Å². The van der Waals surface area contributed by atoms with Gasteiger partial charge in [0.1, 0.15) is 5.01 Å². The molecule has 0 aliphatic carbocycles. The van der Waals surface area contributed by atoms with Crippen LogP contribution in [0, 0.1) is 0 Å². The number of aromatic nitrogens is 1. The summed E-state index contributed by atoms with van der Waals surface area (Å²) in [6.45, 7) is 3.93. The molecule has 0 radical (unpaired) electrons. The van der Waals surface area contributed by atoms with Gasteiger partial charge >= 0.3 is 0 Å². The van der Waals surface area contributed by atoms with Crippen LogP contribution in [-0.2, 0) is 0 Å². The highest BCUT2D eigenvalue weighted by Crippen LogP contribution is 2.25. The summed E-state index contributed by atoms with van der Waals surface area (Å²) in [4.78, 5) is 6.56. The van der Waals surface area contributed by atoms with E-state index in [-0.39, 0.29) is 6.10 Å². The maximum atomic E-state index is 9.39. The minimum Gasteiger partial charge on any atom is -0.392 e. The predicted octanol–water partition coefficient (Wildman–Crippen LogP) is 1.27. The number of nitrogens with zero attached hydrogens (tertiary/aromatic N) is 2. The second-order valence-electron chi connectivity index (χ2n) is 3.48. The number of hydrogen-bond acceptors (Lipinski definition) is 4. The lowest BCUT2D eigenvalue weighted by Gasteiger charge is -2.21. The van der Waals surface area contributed by atoms with E-state index < -0.39 is 0 Å². The quantitative estimate of drug-likeness (QED) is 0.777. The van der Waals surface area contributed by atoms with Gasteiger partial charge in [0.25, 0.3) is 0 Å². The Balaban J connectivity index is 2.02. The number of likely N-dealkylation sites (tertiary alicyclic amines) is 1. The van der Waals surface area contributed by atoms with Crippen LogP contribution in [0.3, 0.4) is 0 Å². The molecule has 1 aromatic rings. The van der Waals surface area contributed by atoms with Crippen molar-refractivity contribution in [2.75, 3.05) is 13.1 Å². The molecule has 1 aliphatic rings. The number of thiazole rings is 1. The molecule has 72 valence electrons. The first-order valence-corrected chi connectivity index (χ1v) is 5.47. The van der Waals surface area contributed by atoms with E-state index in [0.717, 1.165) is 24.5 Å². The Bertz CT molecular complexity index is 263. The average Bonchev–Trinajstić information content (AvgIpc) is 2.72. The van der Waals surface area contributed by atoms with Crippen LogP contribution in [0.2, 0.25) is 0 Å². The number of aliphatic hydroxyl groups is 1. The molecule has 0 spiro atoms. The maximum absolute atomic E-state index is 9.39. The molecule has 1 N–H and O–H groups in total. The zero-order valence-corrected chi connectivity index (χ0v) is 8.50. The molecule has 1 fully saturated rings. The van der Waals surface area contributed by atoms with Crippen molar-refractivity contribution >= 4 is 11.3 Å². The molecule has 1 aromatic heterocycles. The summed E-state index contributed by atoms with van der Waals surface area (Å²) in [5, 5.41) is 12.5. The zero-order valence-electron chi connectivity index (χ0n) is 7.68. The summed E-state index contributed by atoms with van der Waals surface area (Å²) in [5.74, 6) is 0. The van der Waals surface area contributed by atoms with Gasteiger partial charge in [-0.15, -0.1) is 11.3 Å². The standard InChI is InChI=1S/C9H14N2OS/c1-7(9-10-3-5-13-9)11-4-2-8(12)6-11/h3,5,7-8,12H,2,4,6H2,1H3/t7-,8+/m0/s1. The molecule has 2 heterocycles. The molecule has 0 amide bonds. The highest BCUT2D eigenvalue weighted by molar-refractivity contribution is 7.09. The first-order chi connectivity index (χ1) is 6.27. The Morgan fingerprint density at radius 2 is 2.62 bits per heavy atom. The third-order valence-corrected chi connectivity index (χ3v) is 3.50. The van der Waals surface area contributed by atoms with Crippen LogP contribution in [0.1, 0.15) is 24.4 Å². The summed E-state index contributed by atoms with van der Waals surface area (Å²) in [6, 6.07) is 0.358. The fraction of sp³-hybridized carbons (Fsp3) is 0.667. The normalized spacial score (nSPS) is 26.5. The SMILES string of the molecule is C[C@@H](c1nccs1)N1CC[C@@H](O)C1. The molecule has 0 bridgehead atoms. The lowest BCUT2D eigenvalue weighted by molar-refractivity contribution is 0.163. The number of rotatable bonds is 2. The summed E-state index contributed by atoms with van der Waals surface area (Å²) < 4.78 is 0. The lowest BCUT2D eigenvalue weighted by atomic mass is 10.3. The van der Waals surface area contributed by atoms with Gasteiger partial charge in [-0.3, -0.25) is 4.90 Å². The van der Waals surface area contributed by atoms with Crippen LogP contribution in [0.5, 0.6) is 0 Å². The van der Waals surface area contributed by atoms with Gasteiger partial charge < -0.3 is 5.11 Å². The molecule has 13 heavy (non-hydrogen) atoms. The van der Waals surface area contributed by atoms with Crippen LogP contribution < -0.4 is 0 Å². The van der Waals surface area contributed by atoms with Gasteiger partial charge in [-0.25, -0.2) is 4.98 Å². The van der Waals surface area contributed by atoms with Gasteiger partial charge in [-0.1, -0.05) is 0 Å². The van der Waals surface area contributed by atoms with Crippen LogP contribution in [-0.4, -0.2) is 34.2 Å². The number of β-amino-alcohol motifs (C(OH)–C–C–N with tert-alkyl or cyclic N) is 1. The third-order valence-electron chi connectivity index (χ3n) is 2.55. The van der Waals surface area contributed by atoms with Crippen LogP contribution in [0.4, 0.5) is 0 Å². The van der Waals surface area contributed by atoms with Crippen LogP contribution in [0.25, 0.3) is 0 Å². The van der Waals surface area contributed by atoms with Crippen molar-refractivity contribution in [1.29, 1.82) is 0 Å². The first kappa shape index (κ1) is 9.12. The van der Waals surface area contributed by atoms with Crippen molar-refractivity contribution in [2.45, 2.75) is 25.5 Å². The van der Waals surface area contributed by atoms with Crippen molar-refractivity contribution in [2.24, 2.45) is 0 Å². The molecule has 0 saturated carbocycles. The molecule has 0 unspecified atom stereocenters. The average molecular weight is 198 g/mol. The molecule has 1 saturated heterocycles. The summed E-state index contributed by atoms with van der Waals surface area (Å²) in [7, 11) is 0. The predicted molar refractivity (Wildman–Crippen MR) is 52.7 cm³/mol. The van der Waals surface area contributed by atoms with Crippen molar-refractivity contribution in [3.05, 3.63) is 16.6 Å². The van der Waals surface area contributed by atoms with Gasteiger partial charge in [-0.2, -0.15) is 0 Å². The highest BCUT2D eigenvalue weighted by Gasteiger charge is 2.26. The monoisotopic (exact) mass is 198 g/mol. The fourth-order valence-corrected chi connectivity index (χ4v) is 2.45. The van der Waals surface area contributed by atoms with Crippen molar-refractivity contribution < 1.29 is 5.11 Å². The van der Waals surface area contributed by atoms with Crippen LogP contribution >= 0.6 is 11.3 Å². The maximum Gasteiger partial charge on any atom is 0.109 e. The van der Waals surface area contributed by atoms with E-state index in [1.807, 2.05) is 11.6 Å². The Kier molecular flexibility index (Phi) is 2.62. The topological polar surface area (TPSA) is 36.4 Å². The summed E-state index contributed by atoms with van der Waals surface area (Å²) in [5.41, 5.74) is 0. The summed E-state index contributed by atoms with van der Waals surface area (Å²) in [6.07, 6.45) is 2.60. The fourth-order valence-electron chi connectivity index (χ4n) is 1.72. The van der Waals surface area contributed by atoms with E-state index in [9.17, 15) is 5.11 Å². The molecule has 1 aliphatic heterocycles. The highest BCUT2D eigenvalue weighted by atomic mass is 32.1. The van der Waals surface area contributed by atoms with Crippen molar-refractivity contribution in [3.63, 3.8) is 0 Å². The first-order valence-electron chi connectivity index (χ1n) is 4.59. The van der Waals surface area contributed by atoms with Gasteiger partial charge in [0.05, 0.1) is 12.1 Å². The van der Waals surface area contributed by atoms with Gasteiger partial charge in [0, 0.05) is 24.7 Å². The second kappa shape index (κ2) is 3.74. The molecule has 3 nitrogen and oxygen atoms in total. The zero-order chi connectivity index (χ0) is 9.26. The van der Waals surface area contributed by atoms with E-state index in [1.54, 1.807) is 11.3 Å². The molecular weight excluding hydrogens is 184 g/mol. The van der Waals surface area contributed by atoms with E-state index in [2.05, 4.69) is 16.8 Å². The second-order valence-corrected chi connectivity index (χ2v) is 4.41. The minimum atomic E-state index is -0.137. The number of hydrogen-bond donors (Lipinski definition) is 1. The van der Waals surface area contributed by atoms with E-state index in [0.29, 0.717) is 6.04 Å². The largest absolute Gasteiger partial charge is 0.392 e. The van der Waals surface area contributed by atoms with Crippen molar-refractivity contribution in [3.8, 4) is 0 Å². The smallest absolute Gasteiger partial charge is 0.109 e. The Morgan fingerprint density at radius 1 is 1.77 bits per heavy atom. The summed E-state index contributed by atoms with van der Waals surface area (Å²) >= 11 is 1.68. The Labute approximate surface area is 82.0 Å². The minimum absolute atomic E-state index is 0.137. The molecular formula is C9H14N2OS. The van der Waals surface area contributed by atoms with Crippen molar-refractivity contribution in [1.82, 2.24) is 9.88 Å². The van der Waals surface area contributed by atoms with Gasteiger partial charge in [-0.05, 0) is 13.3 Å². The van der Waals surface area contributed by atoms with E-state index in [4.69, 9.17) is 0 Å². The Morgan fingerprint density at radius 3 is 3.15 bits per heavy atom. The molecule has 2 atom stereocenters. The number of aliphatic hydroxyl groups excluding tert-OH is 1. The lowest BCUT2D eigenvalue weighted by Crippen LogP contribution is -2.25. The molecule has 0 aromatic carbocycles. The molecule has 2 rings (SSSR count).